The van der Waals surface area contributed by atoms with Gasteiger partial charge in [-0.25, -0.2) is 9.13 Å². The number of ether oxygens (including phenoxy) is 4. The van der Waals surface area contributed by atoms with Gasteiger partial charge in [0.25, 0.3) is 0 Å². The predicted molar refractivity (Wildman–Crippen MR) is 400 cm³/mol. The molecule has 4 unspecified atom stereocenters. The van der Waals surface area contributed by atoms with Crippen molar-refractivity contribution in [3.05, 3.63) is 0 Å². The van der Waals surface area contributed by atoms with Crippen LogP contribution in [0, 0.1) is 17.8 Å². The molecular weight excluding hydrogens is 1280 g/mol. The second kappa shape index (κ2) is 69.4. The fourth-order valence-electron chi connectivity index (χ4n) is 12.1. The highest BCUT2D eigenvalue weighted by Gasteiger charge is 2.30. The van der Waals surface area contributed by atoms with Crippen LogP contribution in [0.15, 0.2) is 0 Å². The zero-order valence-electron chi connectivity index (χ0n) is 64.3. The molecule has 3 N–H and O–H groups in total. The molecular formula is C79H154O17P2. The van der Waals surface area contributed by atoms with Crippen LogP contribution in [0.5, 0.6) is 0 Å². The van der Waals surface area contributed by atoms with Gasteiger partial charge in [-0.2, -0.15) is 0 Å². The van der Waals surface area contributed by atoms with E-state index >= 15 is 0 Å². The summed E-state index contributed by atoms with van der Waals surface area (Å²) in [7, 11) is -9.92. The van der Waals surface area contributed by atoms with Gasteiger partial charge in [0.2, 0.25) is 0 Å². The fourth-order valence-corrected chi connectivity index (χ4v) is 13.6. The molecule has 0 saturated heterocycles. The number of aliphatic hydroxyl groups excluding tert-OH is 1. The maximum absolute atomic E-state index is 13.1. The molecule has 0 spiro atoms. The molecule has 0 amide bonds. The van der Waals surface area contributed by atoms with E-state index in [9.17, 15) is 43.2 Å². The molecule has 0 aliphatic heterocycles. The molecule has 7 atom stereocenters. The highest BCUT2D eigenvalue weighted by molar-refractivity contribution is 7.47. The standard InChI is InChI=1S/C79H154O17P2/c1-8-11-12-13-14-15-16-17-23-29-34-39-48-55-62-79(84)96-75(67-90-77(82)61-54-47-42-41-45-52-59-72(7)10-3)69-94-98(87,88)92-65-73(80)64-91-97(85,86)93-68-74(66-89-76(81)60-53-46-38-33-28-25-20-21-26-31-36-43-50-57-70(4)5)95-78(83)63-56-49-40-35-30-24-19-18-22-27-32-37-44-51-58-71(6)9-2/h70-75,80H,8-69H2,1-7H3,(H,85,86)(H,87,88)/t71?,72?,73-,74-,75-/m1/s1. The van der Waals surface area contributed by atoms with Crippen LogP contribution in [0.1, 0.15) is 408 Å². The zero-order valence-corrected chi connectivity index (χ0v) is 66.0. The third-order valence-electron chi connectivity index (χ3n) is 19.1. The average molecular weight is 1440 g/mol. The molecule has 0 fully saturated rings. The molecule has 0 aromatic rings. The summed E-state index contributed by atoms with van der Waals surface area (Å²) in [6, 6.07) is 0. The number of esters is 4. The van der Waals surface area contributed by atoms with Gasteiger partial charge in [0.05, 0.1) is 26.4 Å². The first-order valence-electron chi connectivity index (χ1n) is 40.9. The first-order valence-corrected chi connectivity index (χ1v) is 43.9. The number of carbonyl (C=O) groups excluding carboxylic acids is 4. The summed E-state index contributed by atoms with van der Waals surface area (Å²) in [6.07, 6.45) is 56.7. The van der Waals surface area contributed by atoms with E-state index in [1.54, 1.807) is 0 Å². The number of unbranched alkanes of at least 4 members (excludes halogenated alkanes) is 43. The van der Waals surface area contributed by atoms with Crippen LogP contribution in [-0.2, 0) is 65.4 Å². The van der Waals surface area contributed by atoms with Crippen LogP contribution in [0.2, 0.25) is 0 Å². The van der Waals surface area contributed by atoms with Crippen molar-refractivity contribution < 1.29 is 80.2 Å². The van der Waals surface area contributed by atoms with Crippen molar-refractivity contribution in [2.24, 2.45) is 17.8 Å². The predicted octanol–water partition coefficient (Wildman–Crippen LogP) is 23.4. The SMILES string of the molecule is CCCCCCCCCCCCCCCCC(=O)O[C@H](COC(=O)CCCCCCCCC(C)CC)COP(=O)(O)OC[C@H](O)COP(=O)(O)OC[C@@H](COC(=O)CCCCCCCCCCCCCCCC(C)C)OC(=O)CCCCCCCCCCCCCCCCC(C)CC. The minimum absolute atomic E-state index is 0.107. The van der Waals surface area contributed by atoms with E-state index in [-0.39, 0.29) is 25.7 Å². The molecule has 98 heavy (non-hydrogen) atoms. The molecule has 0 radical (unpaired) electrons. The summed E-state index contributed by atoms with van der Waals surface area (Å²) in [4.78, 5) is 73.0. The van der Waals surface area contributed by atoms with Crippen LogP contribution in [-0.4, -0.2) is 96.7 Å². The Labute approximate surface area is 600 Å². The quantitative estimate of drug-likeness (QED) is 0.0222. The lowest BCUT2D eigenvalue weighted by molar-refractivity contribution is -0.161. The van der Waals surface area contributed by atoms with E-state index in [1.165, 1.54) is 212 Å². The number of carbonyl (C=O) groups is 4. The van der Waals surface area contributed by atoms with Crippen molar-refractivity contribution >= 4 is 39.5 Å². The largest absolute Gasteiger partial charge is 0.472 e. The number of rotatable bonds is 77. The molecule has 0 saturated carbocycles. The highest BCUT2D eigenvalue weighted by atomic mass is 31.2. The molecule has 0 aliphatic carbocycles. The molecule has 0 aromatic heterocycles. The Morgan fingerprint density at radius 2 is 0.520 bits per heavy atom. The van der Waals surface area contributed by atoms with Gasteiger partial charge in [0, 0.05) is 25.7 Å². The number of phosphoric acid groups is 2. The van der Waals surface area contributed by atoms with E-state index in [1.807, 2.05) is 0 Å². The second-order valence-corrected chi connectivity index (χ2v) is 32.3. The van der Waals surface area contributed by atoms with Gasteiger partial charge in [0.1, 0.15) is 19.3 Å². The summed E-state index contributed by atoms with van der Waals surface area (Å²) >= 11 is 0. The summed E-state index contributed by atoms with van der Waals surface area (Å²) in [5, 5.41) is 10.6. The second-order valence-electron chi connectivity index (χ2n) is 29.4. The third-order valence-corrected chi connectivity index (χ3v) is 21.0. The monoisotopic (exact) mass is 1440 g/mol. The number of phosphoric ester groups is 2. The van der Waals surface area contributed by atoms with Crippen LogP contribution in [0.4, 0.5) is 0 Å². The van der Waals surface area contributed by atoms with Gasteiger partial charge in [-0.1, -0.05) is 357 Å². The van der Waals surface area contributed by atoms with Gasteiger partial charge in [0.15, 0.2) is 12.2 Å². The van der Waals surface area contributed by atoms with Crippen molar-refractivity contribution in [2.75, 3.05) is 39.6 Å². The normalized spacial score (nSPS) is 14.6. The fraction of sp³-hybridized carbons (Fsp3) is 0.949. The zero-order chi connectivity index (χ0) is 72.3. The number of aliphatic hydroxyl groups is 1. The summed E-state index contributed by atoms with van der Waals surface area (Å²) < 4.78 is 68.7. The third kappa shape index (κ3) is 69.8. The van der Waals surface area contributed by atoms with Crippen LogP contribution in [0.25, 0.3) is 0 Å². The lowest BCUT2D eigenvalue weighted by Gasteiger charge is -2.21. The maximum Gasteiger partial charge on any atom is 0.472 e. The van der Waals surface area contributed by atoms with Crippen LogP contribution in [0.3, 0.4) is 0 Å². The Bertz CT molecular complexity index is 1910. The van der Waals surface area contributed by atoms with Gasteiger partial charge in [-0.3, -0.25) is 37.3 Å². The maximum atomic E-state index is 13.1. The van der Waals surface area contributed by atoms with Crippen LogP contribution >= 0.6 is 15.6 Å². The summed E-state index contributed by atoms with van der Waals surface area (Å²) in [6.45, 7) is 12.0. The van der Waals surface area contributed by atoms with Gasteiger partial charge >= 0.3 is 39.5 Å². The molecule has 0 bridgehead atoms. The van der Waals surface area contributed by atoms with Crippen molar-refractivity contribution in [3.8, 4) is 0 Å². The Morgan fingerprint density at radius 1 is 0.296 bits per heavy atom. The van der Waals surface area contributed by atoms with E-state index in [0.29, 0.717) is 25.7 Å². The van der Waals surface area contributed by atoms with Crippen molar-refractivity contribution in [1.82, 2.24) is 0 Å². The lowest BCUT2D eigenvalue weighted by atomic mass is 9.99. The van der Waals surface area contributed by atoms with Crippen molar-refractivity contribution in [3.63, 3.8) is 0 Å². The van der Waals surface area contributed by atoms with Crippen molar-refractivity contribution in [1.29, 1.82) is 0 Å². The summed E-state index contributed by atoms with van der Waals surface area (Å²) in [5.41, 5.74) is 0. The Kier molecular flexibility index (Phi) is 68.1. The Balaban J connectivity index is 5.26. The van der Waals surface area contributed by atoms with E-state index < -0.39 is 97.5 Å². The average Bonchev–Trinajstić information content (AvgIpc) is 1.04. The van der Waals surface area contributed by atoms with Gasteiger partial charge in [-0.05, 0) is 43.4 Å². The van der Waals surface area contributed by atoms with E-state index in [4.69, 9.17) is 37.0 Å². The molecule has 17 nitrogen and oxygen atoms in total. The molecule has 0 aliphatic rings. The first-order chi connectivity index (χ1) is 47.3. The molecule has 0 rings (SSSR count). The van der Waals surface area contributed by atoms with Gasteiger partial charge in [-0.15, -0.1) is 0 Å². The molecule has 19 heteroatoms. The Hall–Kier alpha value is -1.94. The lowest BCUT2D eigenvalue weighted by Crippen LogP contribution is -2.30. The Morgan fingerprint density at radius 3 is 0.776 bits per heavy atom. The number of hydrogen-bond acceptors (Lipinski definition) is 15. The highest BCUT2D eigenvalue weighted by Crippen LogP contribution is 2.45. The first kappa shape index (κ1) is 96.1. The number of hydrogen-bond donors (Lipinski definition) is 3. The molecule has 0 aromatic carbocycles. The van der Waals surface area contributed by atoms with Gasteiger partial charge < -0.3 is 33.8 Å². The summed E-state index contributed by atoms with van der Waals surface area (Å²) in [5.74, 6) is 0.255. The molecule has 0 heterocycles. The minimum atomic E-state index is -4.96. The van der Waals surface area contributed by atoms with Crippen LogP contribution < -0.4 is 0 Å². The van der Waals surface area contributed by atoms with Crippen molar-refractivity contribution in [2.45, 2.75) is 426 Å². The topological polar surface area (TPSA) is 237 Å². The smallest absolute Gasteiger partial charge is 0.462 e. The molecule has 582 valence electrons. The van der Waals surface area contributed by atoms with E-state index in [2.05, 4.69) is 48.5 Å². The van der Waals surface area contributed by atoms with E-state index in [0.717, 1.165) is 114 Å². The minimum Gasteiger partial charge on any atom is -0.462 e.